The van der Waals surface area contributed by atoms with Crippen LogP contribution in [0.25, 0.3) is 0 Å². The van der Waals surface area contributed by atoms with Crippen LogP contribution >= 0.6 is 0 Å². The van der Waals surface area contributed by atoms with Crippen molar-refractivity contribution in [2.24, 2.45) is 0 Å². The van der Waals surface area contributed by atoms with Crippen molar-refractivity contribution in [1.82, 2.24) is 20.1 Å². The van der Waals surface area contributed by atoms with Crippen molar-refractivity contribution < 1.29 is 4.79 Å². The molecule has 6 heteroatoms. The van der Waals surface area contributed by atoms with Gasteiger partial charge in [-0.1, -0.05) is 0 Å². The summed E-state index contributed by atoms with van der Waals surface area (Å²) in [6.45, 7) is 7.84. The highest BCUT2D eigenvalue weighted by atomic mass is 16.2. The molecule has 6 nitrogen and oxygen atoms in total. The van der Waals surface area contributed by atoms with Crippen LogP contribution in [0, 0.1) is 13.8 Å². The maximum atomic E-state index is 13.0. The summed E-state index contributed by atoms with van der Waals surface area (Å²) in [5.74, 6) is 0.0111. The standard InChI is InChI=1S/C19H27N5O/c1-13(18-14(2)21-22-15(18)3)19(25)23(4)16-7-11-24(12-8-16)17-5-9-20-10-6-17/h5-6,9-10,13,16H,7-8,11-12H2,1-4H3,(H,21,22). The summed E-state index contributed by atoms with van der Waals surface area (Å²) in [5.41, 5.74) is 4.14. The lowest BCUT2D eigenvalue weighted by Crippen LogP contribution is -2.46. The normalized spacial score (nSPS) is 16.7. The van der Waals surface area contributed by atoms with Gasteiger partial charge in [-0.15, -0.1) is 0 Å². The minimum absolute atomic E-state index is 0.165. The van der Waals surface area contributed by atoms with E-state index >= 15 is 0 Å². The van der Waals surface area contributed by atoms with E-state index in [1.54, 1.807) is 0 Å². The maximum Gasteiger partial charge on any atom is 0.229 e. The molecule has 1 aliphatic heterocycles. The van der Waals surface area contributed by atoms with Gasteiger partial charge in [0.2, 0.25) is 5.91 Å². The molecule has 0 bridgehead atoms. The van der Waals surface area contributed by atoms with Gasteiger partial charge in [-0.05, 0) is 45.7 Å². The number of anilines is 1. The highest BCUT2D eigenvalue weighted by molar-refractivity contribution is 5.84. The summed E-state index contributed by atoms with van der Waals surface area (Å²) < 4.78 is 0. The Morgan fingerprint density at radius 3 is 2.48 bits per heavy atom. The number of rotatable bonds is 4. The zero-order valence-electron chi connectivity index (χ0n) is 15.5. The Morgan fingerprint density at radius 2 is 1.92 bits per heavy atom. The topological polar surface area (TPSA) is 65.1 Å². The van der Waals surface area contributed by atoms with Gasteiger partial charge >= 0.3 is 0 Å². The highest BCUT2D eigenvalue weighted by Gasteiger charge is 2.30. The maximum absolute atomic E-state index is 13.0. The van der Waals surface area contributed by atoms with E-state index in [9.17, 15) is 4.79 Å². The number of aryl methyl sites for hydroxylation is 2. The number of hydrogen-bond donors (Lipinski definition) is 1. The number of carbonyl (C=O) groups excluding carboxylic acids is 1. The number of nitrogens with one attached hydrogen (secondary N) is 1. The number of likely N-dealkylation sites (N-methyl/N-ethyl adjacent to an activating group) is 1. The Kier molecular flexibility index (Phi) is 5.06. The summed E-state index contributed by atoms with van der Waals surface area (Å²) in [7, 11) is 1.94. The predicted molar refractivity (Wildman–Crippen MR) is 98.7 cm³/mol. The Bertz CT molecular complexity index is 699. The van der Waals surface area contributed by atoms with Gasteiger partial charge in [0, 0.05) is 55.5 Å². The molecule has 1 aliphatic rings. The first-order valence-electron chi connectivity index (χ1n) is 8.92. The molecule has 3 rings (SSSR count). The minimum atomic E-state index is -0.165. The molecule has 1 unspecified atom stereocenters. The van der Waals surface area contributed by atoms with Crippen LogP contribution in [0.3, 0.4) is 0 Å². The van der Waals surface area contributed by atoms with Gasteiger partial charge in [0.1, 0.15) is 0 Å². The molecule has 1 saturated heterocycles. The van der Waals surface area contributed by atoms with Gasteiger partial charge in [-0.3, -0.25) is 14.9 Å². The lowest BCUT2D eigenvalue weighted by molar-refractivity contribution is -0.133. The second kappa shape index (κ2) is 7.25. The van der Waals surface area contributed by atoms with Gasteiger partial charge in [0.15, 0.2) is 0 Å². The lowest BCUT2D eigenvalue weighted by Gasteiger charge is -2.38. The first kappa shape index (κ1) is 17.5. The fourth-order valence-electron chi connectivity index (χ4n) is 3.87. The van der Waals surface area contributed by atoms with Gasteiger partial charge in [0.25, 0.3) is 0 Å². The number of piperidine rings is 1. The first-order valence-corrected chi connectivity index (χ1v) is 8.92. The van der Waals surface area contributed by atoms with Gasteiger partial charge < -0.3 is 9.80 Å². The molecule has 1 amide bonds. The van der Waals surface area contributed by atoms with Crippen LogP contribution in [0.2, 0.25) is 0 Å². The van der Waals surface area contributed by atoms with Gasteiger partial charge in [-0.2, -0.15) is 5.10 Å². The van der Waals surface area contributed by atoms with E-state index in [0.717, 1.165) is 42.9 Å². The molecule has 2 aromatic heterocycles. The third-order valence-corrected chi connectivity index (χ3v) is 5.38. The molecule has 2 aromatic rings. The molecule has 1 N–H and O–H groups in total. The number of carbonyl (C=O) groups is 1. The molecule has 1 fully saturated rings. The summed E-state index contributed by atoms with van der Waals surface area (Å²) in [5, 5.41) is 7.21. The average Bonchev–Trinajstić information content (AvgIpc) is 2.99. The lowest BCUT2D eigenvalue weighted by atomic mass is 9.95. The number of H-pyrrole nitrogens is 1. The van der Waals surface area contributed by atoms with Crippen molar-refractivity contribution in [3.8, 4) is 0 Å². The molecule has 0 radical (unpaired) electrons. The Morgan fingerprint density at radius 1 is 1.28 bits per heavy atom. The van der Waals surface area contributed by atoms with E-state index in [4.69, 9.17) is 0 Å². The van der Waals surface area contributed by atoms with Crippen LogP contribution in [0.15, 0.2) is 24.5 Å². The summed E-state index contributed by atoms with van der Waals surface area (Å²) in [6, 6.07) is 4.38. The second-order valence-corrected chi connectivity index (χ2v) is 6.94. The molecular weight excluding hydrogens is 314 g/mol. The smallest absolute Gasteiger partial charge is 0.229 e. The van der Waals surface area contributed by atoms with E-state index < -0.39 is 0 Å². The summed E-state index contributed by atoms with van der Waals surface area (Å²) >= 11 is 0. The largest absolute Gasteiger partial charge is 0.371 e. The summed E-state index contributed by atoms with van der Waals surface area (Å²) in [6.07, 6.45) is 5.63. The molecule has 25 heavy (non-hydrogen) atoms. The van der Waals surface area contributed by atoms with Gasteiger partial charge in [0.05, 0.1) is 11.6 Å². The van der Waals surface area contributed by atoms with E-state index in [0.29, 0.717) is 6.04 Å². The van der Waals surface area contributed by atoms with Crippen LogP contribution in [-0.2, 0) is 4.79 Å². The van der Waals surface area contributed by atoms with Crippen LogP contribution in [0.5, 0.6) is 0 Å². The summed E-state index contributed by atoms with van der Waals surface area (Å²) in [4.78, 5) is 21.3. The Hall–Kier alpha value is -2.37. The SMILES string of the molecule is Cc1n[nH]c(C)c1C(C)C(=O)N(C)C1CCN(c2ccncc2)CC1. The number of amides is 1. The molecule has 0 saturated carbocycles. The van der Waals surface area contributed by atoms with Crippen LogP contribution in [-0.4, -0.2) is 52.2 Å². The number of pyridine rings is 1. The van der Waals surface area contributed by atoms with Crippen molar-refractivity contribution in [3.63, 3.8) is 0 Å². The Labute approximate surface area is 149 Å². The molecular formula is C19H27N5O. The fourth-order valence-corrected chi connectivity index (χ4v) is 3.87. The number of aromatic amines is 1. The molecule has 1 atom stereocenters. The van der Waals surface area contributed by atoms with Crippen molar-refractivity contribution in [2.45, 2.75) is 45.6 Å². The molecule has 0 spiro atoms. The average molecular weight is 341 g/mol. The highest BCUT2D eigenvalue weighted by Crippen LogP contribution is 2.27. The van der Waals surface area contributed by atoms with E-state index in [-0.39, 0.29) is 11.8 Å². The van der Waals surface area contributed by atoms with E-state index in [1.165, 1.54) is 5.69 Å². The van der Waals surface area contributed by atoms with Crippen molar-refractivity contribution in [1.29, 1.82) is 0 Å². The van der Waals surface area contributed by atoms with Crippen molar-refractivity contribution >= 4 is 11.6 Å². The first-order chi connectivity index (χ1) is 12.0. The number of nitrogens with zero attached hydrogens (tertiary/aromatic N) is 4. The Balaban J connectivity index is 1.62. The van der Waals surface area contributed by atoms with Crippen molar-refractivity contribution in [3.05, 3.63) is 41.5 Å². The number of aromatic nitrogens is 3. The fraction of sp³-hybridized carbons (Fsp3) is 0.526. The molecule has 134 valence electrons. The zero-order chi connectivity index (χ0) is 18.0. The van der Waals surface area contributed by atoms with E-state index in [1.807, 2.05) is 57.2 Å². The van der Waals surface area contributed by atoms with Crippen LogP contribution in [0.4, 0.5) is 5.69 Å². The predicted octanol–water partition coefficient (Wildman–Crippen LogP) is 2.65. The molecule has 0 aromatic carbocycles. The monoisotopic (exact) mass is 341 g/mol. The second-order valence-electron chi connectivity index (χ2n) is 6.94. The number of hydrogen-bond acceptors (Lipinski definition) is 4. The molecule has 3 heterocycles. The quantitative estimate of drug-likeness (QED) is 0.928. The zero-order valence-corrected chi connectivity index (χ0v) is 15.5. The van der Waals surface area contributed by atoms with E-state index in [2.05, 4.69) is 20.1 Å². The van der Waals surface area contributed by atoms with Crippen LogP contribution < -0.4 is 4.90 Å². The minimum Gasteiger partial charge on any atom is -0.371 e. The third kappa shape index (κ3) is 3.52. The van der Waals surface area contributed by atoms with Crippen molar-refractivity contribution in [2.75, 3.05) is 25.0 Å². The van der Waals surface area contributed by atoms with Crippen LogP contribution in [0.1, 0.15) is 42.6 Å². The molecule has 0 aliphatic carbocycles. The van der Waals surface area contributed by atoms with Gasteiger partial charge in [-0.25, -0.2) is 0 Å². The third-order valence-electron chi connectivity index (χ3n) is 5.38.